The van der Waals surface area contributed by atoms with Gasteiger partial charge in [0, 0.05) is 13.1 Å². The molecular formula is C14H16FN3O2. The summed E-state index contributed by atoms with van der Waals surface area (Å²) in [5.74, 6) is -0.991. The van der Waals surface area contributed by atoms with Gasteiger partial charge < -0.3 is 10.6 Å². The molecule has 2 N–H and O–H groups in total. The Labute approximate surface area is 116 Å². The molecule has 0 saturated carbocycles. The summed E-state index contributed by atoms with van der Waals surface area (Å²) >= 11 is 0. The molecule has 0 unspecified atom stereocenters. The summed E-state index contributed by atoms with van der Waals surface area (Å²) in [6, 6.07) is 7.87. The minimum Gasteiger partial charge on any atom is -0.356 e. The number of carbonyl (C=O) groups is 2. The predicted octanol–water partition coefficient (Wildman–Crippen LogP) is 0.904. The molecule has 0 aliphatic carbocycles. The number of hydrogen-bond acceptors (Lipinski definition) is 3. The number of nitrogens with one attached hydrogen (secondary N) is 2. The average Bonchev–Trinajstić information content (AvgIpc) is 2.41. The summed E-state index contributed by atoms with van der Waals surface area (Å²) in [4.78, 5) is 22.5. The summed E-state index contributed by atoms with van der Waals surface area (Å²) in [6.45, 7) is 0.778. The van der Waals surface area contributed by atoms with Crippen molar-refractivity contribution >= 4 is 11.8 Å². The minimum absolute atomic E-state index is 0.00648. The van der Waals surface area contributed by atoms with Crippen LogP contribution in [0.25, 0.3) is 0 Å². The van der Waals surface area contributed by atoms with Crippen LogP contribution in [0.1, 0.15) is 18.4 Å². The van der Waals surface area contributed by atoms with Crippen LogP contribution < -0.4 is 10.6 Å². The van der Waals surface area contributed by atoms with Crippen LogP contribution in [0.4, 0.5) is 4.39 Å². The zero-order chi connectivity index (χ0) is 14.8. The Morgan fingerprint density at radius 1 is 1.15 bits per heavy atom. The summed E-state index contributed by atoms with van der Waals surface area (Å²) < 4.78 is 13.3. The van der Waals surface area contributed by atoms with E-state index in [1.807, 2.05) is 0 Å². The zero-order valence-electron chi connectivity index (χ0n) is 11.0. The predicted molar refractivity (Wildman–Crippen MR) is 71.0 cm³/mol. The van der Waals surface area contributed by atoms with Crippen molar-refractivity contribution in [1.29, 1.82) is 5.26 Å². The zero-order valence-corrected chi connectivity index (χ0v) is 11.0. The van der Waals surface area contributed by atoms with E-state index in [1.54, 1.807) is 24.3 Å². The molecule has 0 atom stereocenters. The molecule has 106 valence electrons. The van der Waals surface area contributed by atoms with E-state index in [0.29, 0.717) is 25.1 Å². The van der Waals surface area contributed by atoms with Gasteiger partial charge in [0.1, 0.15) is 12.2 Å². The van der Waals surface area contributed by atoms with Gasteiger partial charge in [-0.25, -0.2) is 4.39 Å². The van der Waals surface area contributed by atoms with Crippen molar-refractivity contribution in [3.05, 3.63) is 35.6 Å². The monoisotopic (exact) mass is 277 g/mol. The molecule has 0 aliphatic rings. The molecule has 0 bridgehead atoms. The highest BCUT2D eigenvalue weighted by Crippen LogP contribution is 2.06. The first-order chi connectivity index (χ1) is 9.63. The van der Waals surface area contributed by atoms with E-state index in [1.165, 1.54) is 6.07 Å². The van der Waals surface area contributed by atoms with Crippen molar-refractivity contribution in [3.63, 3.8) is 0 Å². The molecule has 6 heteroatoms. The van der Waals surface area contributed by atoms with Gasteiger partial charge in [-0.3, -0.25) is 9.59 Å². The molecule has 0 radical (unpaired) electrons. The second kappa shape index (κ2) is 8.64. The number of carbonyl (C=O) groups excluding carboxylic acids is 2. The molecule has 0 heterocycles. The molecule has 2 amide bonds. The molecule has 5 nitrogen and oxygen atoms in total. The van der Waals surface area contributed by atoms with Gasteiger partial charge in [0.25, 0.3) is 0 Å². The van der Waals surface area contributed by atoms with Crippen LogP contribution in [-0.4, -0.2) is 24.9 Å². The Kier molecular flexibility index (Phi) is 6.76. The number of nitriles is 1. The van der Waals surface area contributed by atoms with Crippen molar-refractivity contribution in [3.8, 4) is 6.07 Å². The summed E-state index contributed by atoms with van der Waals surface area (Å²) in [5, 5.41) is 13.5. The Hall–Kier alpha value is -2.42. The topological polar surface area (TPSA) is 82.0 Å². The smallest absolute Gasteiger partial charge is 0.234 e. The van der Waals surface area contributed by atoms with Gasteiger partial charge in [-0.15, -0.1) is 0 Å². The first-order valence-corrected chi connectivity index (χ1v) is 6.27. The SMILES string of the molecule is N#CCC(=O)NCCCNC(=O)Cc1ccccc1F. The number of halogens is 1. The van der Waals surface area contributed by atoms with Gasteiger partial charge in [0.2, 0.25) is 11.8 Å². The maximum Gasteiger partial charge on any atom is 0.234 e. The fourth-order valence-electron chi connectivity index (χ4n) is 1.56. The van der Waals surface area contributed by atoms with Gasteiger partial charge in [0.15, 0.2) is 0 Å². The normalized spacial score (nSPS) is 9.60. The lowest BCUT2D eigenvalue weighted by Gasteiger charge is -2.06. The molecule has 0 aliphatic heterocycles. The summed E-state index contributed by atoms with van der Waals surface area (Å²) in [6.07, 6.45) is 0.382. The van der Waals surface area contributed by atoms with Gasteiger partial charge in [-0.1, -0.05) is 18.2 Å². The van der Waals surface area contributed by atoms with Crippen molar-refractivity contribution in [2.45, 2.75) is 19.3 Å². The lowest BCUT2D eigenvalue weighted by atomic mass is 10.1. The van der Waals surface area contributed by atoms with Crippen LogP contribution in [0.2, 0.25) is 0 Å². The van der Waals surface area contributed by atoms with E-state index in [9.17, 15) is 14.0 Å². The van der Waals surface area contributed by atoms with Gasteiger partial charge in [-0.05, 0) is 18.1 Å². The third kappa shape index (κ3) is 5.96. The van der Waals surface area contributed by atoms with Crippen LogP contribution in [0.5, 0.6) is 0 Å². The van der Waals surface area contributed by atoms with E-state index >= 15 is 0 Å². The Balaban J connectivity index is 2.17. The van der Waals surface area contributed by atoms with E-state index in [0.717, 1.165) is 0 Å². The molecule has 0 saturated heterocycles. The Bertz CT molecular complexity index is 511. The Morgan fingerprint density at radius 3 is 2.45 bits per heavy atom. The van der Waals surface area contributed by atoms with Crippen LogP contribution in [0, 0.1) is 17.1 Å². The number of nitrogens with zero attached hydrogens (tertiary/aromatic N) is 1. The highest BCUT2D eigenvalue weighted by atomic mass is 19.1. The van der Waals surface area contributed by atoms with Crippen LogP contribution in [-0.2, 0) is 16.0 Å². The minimum atomic E-state index is -0.397. The first-order valence-electron chi connectivity index (χ1n) is 6.27. The second-order valence-corrected chi connectivity index (χ2v) is 4.16. The molecule has 20 heavy (non-hydrogen) atoms. The maximum absolute atomic E-state index is 13.3. The summed E-state index contributed by atoms with van der Waals surface area (Å²) in [7, 11) is 0. The number of rotatable bonds is 7. The standard InChI is InChI=1S/C14H16FN3O2/c15-12-5-2-1-4-11(12)10-14(20)18-9-3-8-17-13(19)6-7-16/h1-2,4-5H,3,6,8-10H2,(H,17,19)(H,18,20). The van der Waals surface area contributed by atoms with Gasteiger partial charge >= 0.3 is 0 Å². The lowest BCUT2D eigenvalue weighted by Crippen LogP contribution is -2.30. The van der Waals surface area contributed by atoms with Crippen molar-refractivity contribution in [1.82, 2.24) is 10.6 Å². The lowest BCUT2D eigenvalue weighted by molar-refractivity contribution is -0.120. The van der Waals surface area contributed by atoms with E-state index in [2.05, 4.69) is 10.6 Å². The Morgan fingerprint density at radius 2 is 1.80 bits per heavy atom. The quantitative estimate of drug-likeness (QED) is 0.727. The summed E-state index contributed by atoms with van der Waals surface area (Å²) in [5.41, 5.74) is 0.354. The number of hydrogen-bond donors (Lipinski definition) is 2. The van der Waals surface area contributed by atoms with E-state index in [-0.39, 0.29) is 24.7 Å². The molecule has 0 fully saturated rings. The van der Waals surface area contributed by atoms with Gasteiger partial charge in [0.05, 0.1) is 12.5 Å². The highest BCUT2D eigenvalue weighted by Gasteiger charge is 2.06. The first kappa shape index (κ1) is 15.6. The third-order valence-electron chi connectivity index (χ3n) is 2.55. The molecule has 1 rings (SSSR count). The molecule has 1 aromatic carbocycles. The van der Waals surface area contributed by atoms with Crippen molar-refractivity contribution in [2.75, 3.05) is 13.1 Å². The number of benzene rings is 1. The molecule has 1 aromatic rings. The van der Waals surface area contributed by atoms with Crippen molar-refractivity contribution in [2.24, 2.45) is 0 Å². The van der Waals surface area contributed by atoms with E-state index < -0.39 is 5.82 Å². The largest absolute Gasteiger partial charge is 0.356 e. The van der Waals surface area contributed by atoms with Crippen LogP contribution in [0.3, 0.4) is 0 Å². The second-order valence-electron chi connectivity index (χ2n) is 4.16. The van der Waals surface area contributed by atoms with Crippen LogP contribution in [0.15, 0.2) is 24.3 Å². The van der Waals surface area contributed by atoms with Gasteiger partial charge in [-0.2, -0.15) is 5.26 Å². The number of amides is 2. The molecular weight excluding hydrogens is 261 g/mol. The van der Waals surface area contributed by atoms with Crippen molar-refractivity contribution < 1.29 is 14.0 Å². The fourth-order valence-corrected chi connectivity index (χ4v) is 1.56. The molecule has 0 spiro atoms. The van der Waals surface area contributed by atoms with E-state index in [4.69, 9.17) is 5.26 Å². The molecule has 0 aromatic heterocycles. The highest BCUT2D eigenvalue weighted by molar-refractivity contribution is 5.78. The third-order valence-corrected chi connectivity index (χ3v) is 2.55. The fraction of sp³-hybridized carbons (Fsp3) is 0.357. The van der Waals surface area contributed by atoms with Crippen LogP contribution >= 0.6 is 0 Å². The average molecular weight is 277 g/mol. The maximum atomic E-state index is 13.3.